The van der Waals surface area contributed by atoms with Gasteiger partial charge in [-0.1, -0.05) is 15.9 Å². The van der Waals surface area contributed by atoms with Gasteiger partial charge in [0.25, 0.3) is 5.91 Å². The summed E-state index contributed by atoms with van der Waals surface area (Å²) in [5.41, 5.74) is 0.695. The summed E-state index contributed by atoms with van der Waals surface area (Å²) >= 11 is 6.80. The van der Waals surface area contributed by atoms with Crippen LogP contribution in [0, 0.1) is 5.92 Å². The molecule has 0 aliphatic carbocycles. The summed E-state index contributed by atoms with van der Waals surface area (Å²) in [5.74, 6) is 0.410. The molecule has 1 aromatic rings. The Morgan fingerprint density at radius 2 is 2.00 bits per heavy atom. The van der Waals surface area contributed by atoms with Gasteiger partial charge in [-0.25, -0.2) is 0 Å². The van der Waals surface area contributed by atoms with Gasteiger partial charge in [-0.2, -0.15) is 0 Å². The van der Waals surface area contributed by atoms with E-state index < -0.39 is 0 Å². The second kappa shape index (κ2) is 6.17. The van der Waals surface area contributed by atoms with Gasteiger partial charge >= 0.3 is 0 Å². The minimum absolute atomic E-state index is 0.0609. The second-order valence-electron chi connectivity index (χ2n) is 4.54. The van der Waals surface area contributed by atoms with Crippen LogP contribution in [0.2, 0.25) is 0 Å². The van der Waals surface area contributed by atoms with E-state index in [-0.39, 0.29) is 12.5 Å². The zero-order valence-electron chi connectivity index (χ0n) is 9.90. The molecule has 1 aromatic carbocycles. The first-order valence-electron chi connectivity index (χ1n) is 5.97. The van der Waals surface area contributed by atoms with Crippen LogP contribution in [0.5, 0.6) is 0 Å². The lowest BCUT2D eigenvalue weighted by molar-refractivity contribution is 0.0650. The lowest BCUT2D eigenvalue weighted by atomic mass is 9.97. The third kappa shape index (κ3) is 3.13. The average Bonchev–Trinajstić information content (AvgIpc) is 2.38. The quantitative estimate of drug-likeness (QED) is 0.861. The number of carbonyl (C=O) groups excluding carboxylic acids is 1. The van der Waals surface area contributed by atoms with Gasteiger partial charge in [-0.3, -0.25) is 4.79 Å². The summed E-state index contributed by atoms with van der Waals surface area (Å²) < 4.78 is 1.76. The molecular formula is C13H15Br2NO2. The molecule has 18 heavy (non-hydrogen) atoms. The van der Waals surface area contributed by atoms with Crippen molar-refractivity contribution in [2.45, 2.75) is 12.8 Å². The highest BCUT2D eigenvalue weighted by atomic mass is 79.9. The van der Waals surface area contributed by atoms with Crippen LogP contribution in [0.25, 0.3) is 0 Å². The van der Waals surface area contributed by atoms with E-state index in [1.165, 1.54) is 0 Å². The molecular weight excluding hydrogens is 362 g/mol. The van der Waals surface area contributed by atoms with E-state index in [1.807, 2.05) is 23.1 Å². The molecule has 0 saturated carbocycles. The molecule has 3 nitrogen and oxygen atoms in total. The van der Waals surface area contributed by atoms with Gasteiger partial charge in [0.05, 0.1) is 5.56 Å². The Morgan fingerprint density at radius 3 is 2.56 bits per heavy atom. The molecule has 5 heteroatoms. The van der Waals surface area contributed by atoms with E-state index in [0.717, 1.165) is 34.9 Å². The van der Waals surface area contributed by atoms with Crippen LogP contribution in [-0.4, -0.2) is 35.6 Å². The number of hydrogen-bond acceptors (Lipinski definition) is 2. The molecule has 1 amide bonds. The largest absolute Gasteiger partial charge is 0.396 e. The molecule has 1 fully saturated rings. The Labute approximate surface area is 123 Å². The maximum atomic E-state index is 12.3. The monoisotopic (exact) mass is 375 g/mol. The highest BCUT2D eigenvalue weighted by molar-refractivity contribution is 9.11. The van der Waals surface area contributed by atoms with Gasteiger partial charge in [0.15, 0.2) is 0 Å². The summed E-state index contributed by atoms with van der Waals surface area (Å²) in [7, 11) is 0. The molecule has 0 spiro atoms. The smallest absolute Gasteiger partial charge is 0.254 e. The predicted molar refractivity (Wildman–Crippen MR) is 77.6 cm³/mol. The fourth-order valence-corrected chi connectivity index (χ4v) is 3.37. The molecule has 0 aromatic heterocycles. The van der Waals surface area contributed by atoms with Gasteiger partial charge in [0.2, 0.25) is 0 Å². The molecule has 98 valence electrons. The molecule has 2 rings (SSSR count). The van der Waals surface area contributed by atoms with Crippen molar-refractivity contribution >= 4 is 37.8 Å². The highest BCUT2D eigenvalue weighted by Crippen LogP contribution is 2.25. The number of benzene rings is 1. The fraction of sp³-hybridized carbons (Fsp3) is 0.462. The molecule has 0 unspecified atom stereocenters. The Kier molecular flexibility index (Phi) is 4.81. The van der Waals surface area contributed by atoms with Crippen molar-refractivity contribution in [2.75, 3.05) is 19.7 Å². The van der Waals surface area contributed by atoms with E-state index in [9.17, 15) is 4.79 Å². The SMILES string of the molecule is O=C(c1ccc(Br)cc1Br)N1CCC(CO)CC1. The molecule has 1 aliphatic rings. The van der Waals surface area contributed by atoms with Crippen molar-refractivity contribution in [1.82, 2.24) is 4.90 Å². The third-order valence-corrected chi connectivity index (χ3v) is 4.47. The van der Waals surface area contributed by atoms with Crippen LogP contribution in [-0.2, 0) is 0 Å². The number of hydrogen-bond donors (Lipinski definition) is 1. The zero-order chi connectivity index (χ0) is 13.1. The number of aliphatic hydroxyl groups excluding tert-OH is 1. The molecule has 1 saturated heterocycles. The van der Waals surface area contributed by atoms with Crippen LogP contribution in [0.1, 0.15) is 23.2 Å². The van der Waals surface area contributed by atoms with Gasteiger partial charge < -0.3 is 10.0 Å². The maximum Gasteiger partial charge on any atom is 0.254 e. The lowest BCUT2D eigenvalue weighted by Gasteiger charge is -2.31. The first-order chi connectivity index (χ1) is 8.61. The fourth-order valence-electron chi connectivity index (χ4n) is 2.15. The number of amides is 1. The summed E-state index contributed by atoms with van der Waals surface area (Å²) in [5, 5.41) is 9.09. The Morgan fingerprint density at radius 1 is 1.33 bits per heavy atom. The van der Waals surface area contributed by atoms with Gasteiger partial charge in [0, 0.05) is 28.6 Å². The maximum absolute atomic E-state index is 12.3. The molecule has 0 atom stereocenters. The number of nitrogens with zero attached hydrogens (tertiary/aromatic N) is 1. The van der Waals surface area contributed by atoms with E-state index in [0.29, 0.717) is 11.5 Å². The minimum Gasteiger partial charge on any atom is -0.396 e. The third-order valence-electron chi connectivity index (χ3n) is 3.32. The molecule has 1 N–H and O–H groups in total. The van der Waals surface area contributed by atoms with E-state index in [4.69, 9.17) is 5.11 Å². The topological polar surface area (TPSA) is 40.5 Å². The van der Waals surface area contributed by atoms with Gasteiger partial charge in [-0.15, -0.1) is 0 Å². The highest BCUT2D eigenvalue weighted by Gasteiger charge is 2.24. The molecule has 0 bridgehead atoms. The molecule has 0 radical (unpaired) electrons. The average molecular weight is 377 g/mol. The van der Waals surface area contributed by atoms with Crippen molar-refractivity contribution in [3.63, 3.8) is 0 Å². The minimum atomic E-state index is 0.0609. The lowest BCUT2D eigenvalue weighted by Crippen LogP contribution is -2.39. The standard InChI is InChI=1S/C13H15Br2NO2/c14-10-1-2-11(12(15)7-10)13(18)16-5-3-9(8-17)4-6-16/h1-2,7,9,17H,3-6,8H2. The summed E-state index contributed by atoms with van der Waals surface area (Å²) in [6.45, 7) is 1.68. The second-order valence-corrected chi connectivity index (χ2v) is 6.31. The van der Waals surface area contributed by atoms with Crippen molar-refractivity contribution in [3.8, 4) is 0 Å². The zero-order valence-corrected chi connectivity index (χ0v) is 13.1. The Balaban J connectivity index is 2.08. The normalized spacial score (nSPS) is 16.9. The van der Waals surface area contributed by atoms with E-state index in [2.05, 4.69) is 31.9 Å². The van der Waals surface area contributed by atoms with Crippen LogP contribution >= 0.6 is 31.9 Å². The van der Waals surface area contributed by atoms with Crippen LogP contribution in [0.15, 0.2) is 27.1 Å². The summed E-state index contributed by atoms with van der Waals surface area (Å²) in [6.07, 6.45) is 1.77. The summed E-state index contributed by atoms with van der Waals surface area (Å²) in [4.78, 5) is 14.2. The number of aliphatic hydroxyl groups is 1. The first kappa shape index (κ1) is 14.0. The Bertz CT molecular complexity index is 443. The van der Waals surface area contributed by atoms with Crippen LogP contribution in [0.4, 0.5) is 0 Å². The van der Waals surface area contributed by atoms with E-state index in [1.54, 1.807) is 0 Å². The van der Waals surface area contributed by atoms with E-state index >= 15 is 0 Å². The van der Waals surface area contributed by atoms with Crippen LogP contribution in [0.3, 0.4) is 0 Å². The molecule has 1 heterocycles. The number of halogens is 2. The van der Waals surface area contributed by atoms with Crippen molar-refractivity contribution < 1.29 is 9.90 Å². The number of likely N-dealkylation sites (tertiary alicyclic amines) is 1. The van der Waals surface area contributed by atoms with Crippen LogP contribution < -0.4 is 0 Å². The van der Waals surface area contributed by atoms with Gasteiger partial charge in [-0.05, 0) is 52.9 Å². The Hall–Kier alpha value is -0.390. The number of carbonyl (C=O) groups is 1. The summed E-state index contributed by atoms with van der Waals surface area (Å²) in [6, 6.07) is 5.58. The van der Waals surface area contributed by atoms with Crippen molar-refractivity contribution in [3.05, 3.63) is 32.7 Å². The van der Waals surface area contributed by atoms with Gasteiger partial charge in [0.1, 0.15) is 0 Å². The first-order valence-corrected chi connectivity index (χ1v) is 7.55. The predicted octanol–water partition coefficient (Wildman–Crippen LogP) is 3.06. The van der Waals surface area contributed by atoms with Crippen molar-refractivity contribution in [2.24, 2.45) is 5.92 Å². The number of rotatable bonds is 2. The van der Waals surface area contributed by atoms with Crippen molar-refractivity contribution in [1.29, 1.82) is 0 Å². The number of piperidine rings is 1. The molecule has 1 aliphatic heterocycles.